The lowest BCUT2D eigenvalue weighted by Crippen LogP contribution is -2.25. The predicted molar refractivity (Wildman–Crippen MR) is 90.2 cm³/mol. The van der Waals surface area contributed by atoms with Gasteiger partial charge in [0, 0.05) is 5.57 Å². The molecule has 0 aliphatic carbocycles. The van der Waals surface area contributed by atoms with Gasteiger partial charge in [0.15, 0.2) is 0 Å². The van der Waals surface area contributed by atoms with Crippen LogP contribution < -0.4 is 0 Å². The Kier molecular flexibility index (Phi) is 7.52. The number of hydrogen-bond acceptors (Lipinski definition) is 3. The zero-order chi connectivity index (χ0) is 17.3. The van der Waals surface area contributed by atoms with Crippen molar-refractivity contribution in [1.29, 1.82) is 0 Å². The van der Waals surface area contributed by atoms with E-state index in [1.807, 2.05) is 18.2 Å². The van der Waals surface area contributed by atoms with Crippen LogP contribution in [0.3, 0.4) is 0 Å². The standard InChI is InChI=1S/C19H26O4/c1-19(2,3)23-18(22)16(14-17(20)21)13-9-5-8-12-15-10-6-4-7-11-15/h4,6-7,10-11,13H,5,8-9,12,14H2,1-3H3,(H,20,21)/b16-13-. The van der Waals surface area contributed by atoms with Crippen LogP contribution in [0.15, 0.2) is 42.0 Å². The quantitative estimate of drug-likeness (QED) is 0.444. The van der Waals surface area contributed by atoms with Crippen LogP contribution in [0.25, 0.3) is 0 Å². The molecule has 0 aliphatic heterocycles. The maximum absolute atomic E-state index is 12.0. The molecule has 0 fully saturated rings. The van der Waals surface area contributed by atoms with Gasteiger partial charge in [-0.1, -0.05) is 36.4 Å². The Morgan fingerprint density at radius 2 is 1.78 bits per heavy atom. The molecule has 0 spiro atoms. The summed E-state index contributed by atoms with van der Waals surface area (Å²) in [7, 11) is 0. The van der Waals surface area contributed by atoms with Crippen molar-refractivity contribution < 1.29 is 19.4 Å². The van der Waals surface area contributed by atoms with Crippen molar-refractivity contribution in [2.75, 3.05) is 0 Å². The zero-order valence-corrected chi connectivity index (χ0v) is 14.2. The van der Waals surface area contributed by atoms with Gasteiger partial charge < -0.3 is 9.84 Å². The topological polar surface area (TPSA) is 63.6 Å². The fourth-order valence-corrected chi connectivity index (χ4v) is 2.13. The van der Waals surface area contributed by atoms with Gasteiger partial charge in [-0.2, -0.15) is 0 Å². The molecule has 1 aromatic carbocycles. The van der Waals surface area contributed by atoms with Gasteiger partial charge in [0.1, 0.15) is 5.60 Å². The maximum atomic E-state index is 12.0. The van der Waals surface area contributed by atoms with E-state index in [2.05, 4.69) is 12.1 Å². The summed E-state index contributed by atoms with van der Waals surface area (Å²) in [5.74, 6) is -1.56. The largest absolute Gasteiger partial charge is 0.481 e. The number of carboxylic acids is 1. The van der Waals surface area contributed by atoms with Crippen molar-refractivity contribution in [3.63, 3.8) is 0 Å². The van der Waals surface area contributed by atoms with Crippen LogP contribution in [0.2, 0.25) is 0 Å². The zero-order valence-electron chi connectivity index (χ0n) is 14.2. The van der Waals surface area contributed by atoms with Crippen molar-refractivity contribution >= 4 is 11.9 Å². The van der Waals surface area contributed by atoms with Gasteiger partial charge in [-0.05, 0) is 52.0 Å². The summed E-state index contributed by atoms with van der Waals surface area (Å²) in [5, 5.41) is 8.93. The summed E-state index contributed by atoms with van der Waals surface area (Å²) in [6.07, 6.45) is 4.96. The highest BCUT2D eigenvalue weighted by molar-refractivity contribution is 5.93. The first-order valence-corrected chi connectivity index (χ1v) is 7.96. The first kappa shape index (κ1) is 18.9. The molecule has 0 amide bonds. The highest BCUT2D eigenvalue weighted by atomic mass is 16.6. The average molecular weight is 318 g/mol. The van der Waals surface area contributed by atoms with E-state index in [1.165, 1.54) is 5.56 Å². The first-order valence-electron chi connectivity index (χ1n) is 7.96. The van der Waals surface area contributed by atoms with Crippen LogP contribution in [0.1, 0.15) is 52.0 Å². The van der Waals surface area contributed by atoms with Crippen LogP contribution >= 0.6 is 0 Å². The highest BCUT2D eigenvalue weighted by Gasteiger charge is 2.21. The van der Waals surface area contributed by atoms with E-state index in [-0.39, 0.29) is 12.0 Å². The lowest BCUT2D eigenvalue weighted by atomic mass is 10.1. The van der Waals surface area contributed by atoms with Crippen LogP contribution in [0.4, 0.5) is 0 Å². The number of aryl methyl sites for hydroxylation is 1. The summed E-state index contributed by atoms with van der Waals surface area (Å²) in [4.78, 5) is 22.9. The van der Waals surface area contributed by atoms with Crippen LogP contribution in [0.5, 0.6) is 0 Å². The number of hydrogen-bond donors (Lipinski definition) is 1. The molecule has 0 radical (unpaired) electrons. The molecule has 23 heavy (non-hydrogen) atoms. The fourth-order valence-electron chi connectivity index (χ4n) is 2.13. The van der Waals surface area contributed by atoms with E-state index in [0.717, 1.165) is 19.3 Å². The SMILES string of the molecule is CC(C)(C)OC(=O)/C(=C\CCCCc1ccccc1)CC(=O)O. The van der Waals surface area contributed by atoms with E-state index in [0.29, 0.717) is 6.42 Å². The second-order valence-electron chi connectivity index (χ2n) is 6.53. The minimum atomic E-state index is -1.02. The van der Waals surface area contributed by atoms with E-state index >= 15 is 0 Å². The Bertz CT molecular complexity index is 538. The monoisotopic (exact) mass is 318 g/mol. The number of carbonyl (C=O) groups is 2. The van der Waals surface area contributed by atoms with E-state index in [4.69, 9.17) is 9.84 Å². The highest BCUT2D eigenvalue weighted by Crippen LogP contribution is 2.15. The summed E-state index contributed by atoms with van der Waals surface area (Å²) >= 11 is 0. The Hall–Kier alpha value is -2.10. The molecule has 1 aromatic rings. The molecule has 4 heteroatoms. The van der Waals surface area contributed by atoms with Crippen LogP contribution in [-0.2, 0) is 20.7 Å². The molecule has 0 unspecified atom stereocenters. The predicted octanol–water partition coefficient (Wildman–Crippen LogP) is 4.14. The summed E-state index contributed by atoms with van der Waals surface area (Å²) < 4.78 is 5.26. The molecule has 0 aliphatic rings. The van der Waals surface area contributed by atoms with E-state index in [1.54, 1.807) is 26.8 Å². The third kappa shape index (κ3) is 8.81. The number of carbonyl (C=O) groups excluding carboxylic acids is 1. The molecular weight excluding hydrogens is 292 g/mol. The number of benzene rings is 1. The molecule has 0 saturated carbocycles. The smallest absolute Gasteiger partial charge is 0.334 e. The number of aliphatic carboxylic acids is 1. The van der Waals surface area contributed by atoms with Crippen molar-refractivity contribution in [1.82, 2.24) is 0 Å². The lowest BCUT2D eigenvalue weighted by Gasteiger charge is -2.20. The van der Waals surface area contributed by atoms with Gasteiger partial charge in [0.25, 0.3) is 0 Å². The summed E-state index contributed by atoms with van der Waals surface area (Å²) in [6, 6.07) is 10.2. The second-order valence-corrected chi connectivity index (χ2v) is 6.53. The average Bonchev–Trinajstić information content (AvgIpc) is 2.44. The third-order valence-electron chi connectivity index (χ3n) is 3.16. The Morgan fingerprint density at radius 1 is 1.13 bits per heavy atom. The second kappa shape index (κ2) is 9.13. The number of esters is 1. The minimum Gasteiger partial charge on any atom is -0.481 e. The number of rotatable bonds is 8. The fraction of sp³-hybridized carbons (Fsp3) is 0.474. The molecule has 0 atom stereocenters. The number of ether oxygens (including phenoxy) is 1. The molecule has 0 saturated heterocycles. The number of unbranched alkanes of at least 4 members (excludes halogenated alkanes) is 2. The van der Waals surface area contributed by atoms with Crippen molar-refractivity contribution in [2.45, 2.75) is 58.5 Å². The molecular formula is C19H26O4. The number of allylic oxidation sites excluding steroid dienone is 1. The van der Waals surface area contributed by atoms with Crippen LogP contribution in [0, 0.1) is 0 Å². The Morgan fingerprint density at radius 3 is 2.35 bits per heavy atom. The van der Waals surface area contributed by atoms with Gasteiger partial charge in [0.2, 0.25) is 0 Å². The van der Waals surface area contributed by atoms with Crippen LogP contribution in [-0.4, -0.2) is 22.6 Å². The van der Waals surface area contributed by atoms with Crippen molar-refractivity contribution in [3.05, 3.63) is 47.5 Å². The van der Waals surface area contributed by atoms with Gasteiger partial charge in [0.05, 0.1) is 6.42 Å². The lowest BCUT2D eigenvalue weighted by molar-refractivity contribution is -0.151. The Balaban J connectivity index is 2.49. The van der Waals surface area contributed by atoms with Gasteiger partial charge in [-0.3, -0.25) is 4.79 Å². The maximum Gasteiger partial charge on any atom is 0.334 e. The van der Waals surface area contributed by atoms with E-state index < -0.39 is 17.5 Å². The van der Waals surface area contributed by atoms with Crippen molar-refractivity contribution in [3.8, 4) is 0 Å². The molecule has 1 rings (SSSR count). The van der Waals surface area contributed by atoms with E-state index in [9.17, 15) is 9.59 Å². The minimum absolute atomic E-state index is 0.229. The molecule has 0 heterocycles. The van der Waals surface area contributed by atoms with Gasteiger partial charge >= 0.3 is 11.9 Å². The summed E-state index contributed by atoms with van der Waals surface area (Å²) in [6.45, 7) is 5.30. The normalized spacial score (nSPS) is 12.0. The first-order chi connectivity index (χ1) is 10.8. The Labute approximate surface area is 138 Å². The van der Waals surface area contributed by atoms with Gasteiger partial charge in [-0.25, -0.2) is 4.79 Å². The summed E-state index contributed by atoms with van der Waals surface area (Å²) in [5.41, 5.74) is 0.892. The molecule has 0 aromatic heterocycles. The molecule has 126 valence electrons. The van der Waals surface area contributed by atoms with Gasteiger partial charge in [-0.15, -0.1) is 0 Å². The molecule has 0 bridgehead atoms. The van der Waals surface area contributed by atoms with Crippen molar-refractivity contribution in [2.24, 2.45) is 0 Å². The molecule has 4 nitrogen and oxygen atoms in total. The molecule has 1 N–H and O–H groups in total. The third-order valence-corrected chi connectivity index (χ3v) is 3.16. The number of carboxylic acid groups (broad SMARTS) is 1.